The molecule has 1 heterocycles. The number of hydrogen-bond donors (Lipinski definition) is 0. The van der Waals surface area contributed by atoms with Gasteiger partial charge in [-0.05, 0) is 38.5 Å². The van der Waals surface area contributed by atoms with Gasteiger partial charge in [0.15, 0.2) is 10.8 Å². The lowest BCUT2D eigenvalue weighted by Crippen LogP contribution is -2.36. The second kappa shape index (κ2) is 8.34. The summed E-state index contributed by atoms with van der Waals surface area (Å²) < 4.78 is 24.4. The van der Waals surface area contributed by atoms with E-state index in [1.807, 2.05) is 32.9 Å². The van der Waals surface area contributed by atoms with Gasteiger partial charge in [-0.2, -0.15) is 5.10 Å². The molecule has 0 unspecified atom stereocenters. The van der Waals surface area contributed by atoms with Gasteiger partial charge in [-0.3, -0.25) is 9.18 Å². The molecule has 0 aliphatic heterocycles. The van der Waals surface area contributed by atoms with Gasteiger partial charge in [0.1, 0.15) is 12.4 Å². The van der Waals surface area contributed by atoms with E-state index >= 15 is 0 Å². The normalized spacial score (nSPS) is 11.4. The van der Waals surface area contributed by atoms with E-state index in [9.17, 15) is 9.18 Å². The minimum Gasteiger partial charge on any atom is -0.494 e. The van der Waals surface area contributed by atoms with Gasteiger partial charge in [0.25, 0.3) is 5.56 Å². The molecule has 0 saturated heterocycles. The molecule has 0 aliphatic carbocycles. The lowest BCUT2D eigenvalue weighted by atomic mass is 10.1. The molecule has 0 bridgehead atoms. The van der Waals surface area contributed by atoms with E-state index < -0.39 is 12.2 Å². The van der Waals surface area contributed by atoms with Crippen molar-refractivity contribution in [2.24, 2.45) is 0 Å². The van der Waals surface area contributed by atoms with Crippen LogP contribution < -0.4 is 15.0 Å². The van der Waals surface area contributed by atoms with Gasteiger partial charge in [0, 0.05) is 6.42 Å². The highest BCUT2D eigenvalue weighted by Crippen LogP contribution is 2.22. The zero-order valence-electron chi connectivity index (χ0n) is 14.6. The molecule has 5 nitrogen and oxygen atoms in total. The number of nitrogens with zero attached hydrogens (tertiary/aromatic N) is 2. The molecule has 0 radical (unpaired) electrons. The van der Waals surface area contributed by atoms with Crippen LogP contribution in [0.15, 0.2) is 35.3 Å². The van der Waals surface area contributed by atoms with Crippen LogP contribution in [0.3, 0.4) is 0 Å². The Morgan fingerprint density at radius 1 is 1.20 bits per heavy atom. The number of rotatable bonds is 7. The Morgan fingerprint density at radius 2 is 1.88 bits per heavy atom. The number of benzene rings is 1. The molecule has 136 valence electrons. The standard InChI is InChI=1S/C18H22ClFN2O3/c1-18(2,3)22-17(23)16(19)15(11-21-22)25-12-13-5-7-14(8-6-13)24-10-4-9-20/h5-8,11H,4,9-10,12H2,1-3H3/i20-1. The van der Waals surface area contributed by atoms with Crippen molar-refractivity contribution in [3.05, 3.63) is 51.4 Å². The molecule has 2 rings (SSSR count). The average molecular weight is 368 g/mol. The predicted octanol–water partition coefficient (Wildman–Crippen LogP) is 3.97. The van der Waals surface area contributed by atoms with Crippen molar-refractivity contribution in [1.82, 2.24) is 9.78 Å². The van der Waals surface area contributed by atoms with Crippen molar-refractivity contribution >= 4 is 11.6 Å². The summed E-state index contributed by atoms with van der Waals surface area (Å²) in [6, 6.07) is 7.24. The van der Waals surface area contributed by atoms with Crippen LogP contribution in [0.2, 0.25) is 5.02 Å². The number of aromatic nitrogens is 2. The second-order valence-corrected chi connectivity index (χ2v) is 6.91. The molecule has 1 aromatic heterocycles. The third-order valence-corrected chi connectivity index (χ3v) is 3.73. The van der Waals surface area contributed by atoms with Crippen LogP contribution in [0.4, 0.5) is 4.39 Å². The van der Waals surface area contributed by atoms with E-state index in [4.69, 9.17) is 21.1 Å². The summed E-state index contributed by atoms with van der Waals surface area (Å²) in [5.41, 5.74) is 0.0363. The number of hydrogen-bond acceptors (Lipinski definition) is 4. The van der Waals surface area contributed by atoms with Gasteiger partial charge >= 0.3 is 0 Å². The second-order valence-electron chi connectivity index (χ2n) is 6.53. The van der Waals surface area contributed by atoms with E-state index in [2.05, 4.69) is 5.10 Å². The molecule has 7 heteroatoms. The monoisotopic (exact) mass is 367 g/mol. The van der Waals surface area contributed by atoms with Crippen molar-refractivity contribution < 1.29 is 13.9 Å². The van der Waals surface area contributed by atoms with Gasteiger partial charge < -0.3 is 9.47 Å². The molecule has 0 saturated carbocycles. The third kappa shape index (κ3) is 5.19. The molecular formula is C18H22ClFN2O3. The highest BCUT2D eigenvalue weighted by Gasteiger charge is 2.19. The van der Waals surface area contributed by atoms with Crippen molar-refractivity contribution in [2.75, 3.05) is 13.3 Å². The van der Waals surface area contributed by atoms with Crippen LogP contribution in [-0.2, 0) is 12.1 Å². The van der Waals surface area contributed by atoms with Gasteiger partial charge in [-0.15, -0.1) is 0 Å². The van der Waals surface area contributed by atoms with Crippen LogP contribution in [0.25, 0.3) is 0 Å². The SMILES string of the molecule is CC(C)(C)n1ncc(OCc2ccc(OCCC[18F])cc2)c(Cl)c1=O. The quantitative estimate of drug-likeness (QED) is 0.695. The van der Waals surface area contributed by atoms with Crippen molar-refractivity contribution in [1.29, 1.82) is 0 Å². The Kier molecular flexibility index (Phi) is 6.42. The molecule has 0 atom stereocenters. The summed E-state index contributed by atoms with van der Waals surface area (Å²) >= 11 is 6.12. The molecular weight excluding hydrogens is 346 g/mol. The zero-order chi connectivity index (χ0) is 18.4. The smallest absolute Gasteiger partial charge is 0.289 e. The highest BCUT2D eigenvalue weighted by molar-refractivity contribution is 6.31. The Balaban J connectivity index is 2.02. The van der Waals surface area contributed by atoms with E-state index in [1.165, 1.54) is 10.9 Å². The summed E-state index contributed by atoms with van der Waals surface area (Å²) in [7, 11) is 0. The van der Waals surface area contributed by atoms with Gasteiger partial charge in [0.05, 0.1) is 25.0 Å². The number of alkyl halides is 1. The maximum Gasteiger partial charge on any atom is 0.289 e. The van der Waals surface area contributed by atoms with Crippen LogP contribution in [-0.4, -0.2) is 23.1 Å². The fourth-order valence-corrected chi connectivity index (χ4v) is 2.27. The molecule has 0 fully saturated rings. The van der Waals surface area contributed by atoms with Gasteiger partial charge in [-0.1, -0.05) is 23.7 Å². The van der Waals surface area contributed by atoms with E-state index in [0.717, 1.165) is 5.56 Å². The van der Waals surface area contributed by atoms with Crippen LogP contribution >= 0.6 is 11.6 Å². The minimum absolute atomic E-state index is 0.0103. The molecule has 1 aromatic carbocycles. The first-order valence-electron chi connectivity index (χ1n) is 8.01. The molecule has 0 amide bonds. The third-order valence-electron chi connectivity index (χ3n) is 3.39. The largest absolute Gasteiger partial charge is 0.494 e. The van der Waals surface area contributed by atoms with E-state index in [0.29, 0.717) is 18.8 Å². The Labute approximate surface area is 151 Å². The summed E-state index contributed by atoms with van der Waals surface area (Å²) in [6.45, 7) is 5.80. The molecule has 0 aliphatic rings. The summed E-state index contributed by atoms with van der Waals surface area (Å²) in [4.78, 5) is 12.3. The van der Waals surface area contributed by atoms with Crippen LogP contribution in [0, 0.1) is 0 Å². The molecule has 25 heavy (non-hydrogen) atoms. The lowest BCUT2D eigenvalue weighted by molar-refractivity contribution is 0.286. The Bertz CT molecular complexity index is 754. The van der Waals surface area contributed by atoms with Gasteiger partial charge in [0.2, 0.25) is 0 Å². The first-order valence-corrected chi connectivity index (χ1v) is 8.39. The van der Waals surface area contributed by atoms with E-state index in [-0.39, 0.29) is 22.9 Å². The van der Waals surface area contributed by atoms with Gasteiger partial charge in [-0.25, -0.2) is 4.68 Å². The van der Waals surface area contributed by atoms with Crippen LogP contribution in [0.5, 0.6) is 11.5 Å². The first-order chi connectivity index (χ1) is 11.8. The Hall–Kier alpha value is -2.08. The van der Waals surface area contributed by atoms with Crippen molar-refractivity contribution in [3.8, 4) is 11.5 Å². The topological polar surface area (TPSA) is 53.4 Å². The molecule has 0 N–H and O–H groups in total. The van der Waals surface area contributed by atoms with Crippen LogP contribution in [0.1, 0.15) is 32.8 Å². The Morgan fingerprint density at radius 3 is 2.48 bits per heavy atom. The summed E-state index contributed by atoms with van der Waals surface area (Å²) in [5.74, 6) is 0.917. The summed E-state index contributed by atoms with van der Waals surface area (Å²) in [5, 5.41) is 4.13. The maximum absolute atomic E-state index is 12.3. The van der Waals surface area contributed by atoms with Crippen molar-refractivity contribution in [3.63, 3.8) is 0 Å². The van der Waals surface area contributed by atoms with Crippen molar-refractivity contribution in [2.45, 2.75) is 39.3 Å². The minimum atomic E-state index is -0.461. The number of ether oxygens (including phenoxy) is 2. The molecule has 0 spiro atoms. The predicted molar refractivity (Wildman–Crippen MR) is 95.4 cm³/mol. The lowest BCUT2D eigenvalue weighted by Gasteiger charge is -2.21. The maximum atomic E-state index is 12.3. The zero-order valence-corrected chi connectivity index (χ0v) is 15.3. The first kappa shape index (κ1) is 19.2. The fourth-order valence-electron chi connectivity index (χ4n) is 2.08. The highest BCUT2D eigenvalue weighted by atomic mass is 35.5. The average Bonchev–Trinajstić information content (AvgIpc) is 2.56. The summed E-state index contributed by atoms with van der Waals surface area (Å²) in [6.07, 6.45) is 1.82. The fraction of sp³-hybridized carbons (Fsp3) is 0.444. The molecule has 2 aromatic rings. The number of halogens is 2. The van der Waals surface area contributed by atoms with E-state index in [1.54, 1.807) is 12.1 Å².